The number of hydrogen-bond acceptors (Lipinski definition) is 3. The Morgan fingerprint density at radius 1 is 0.667 bits per heavy atom. The van der Waals surface area contributed by atoms with E-state index in [2.05, 4.69) is 15.9 Å². The molecule has 0 aliphatic carbocycles. The molecule has 4 aromatic rings. The van der Waals surface area contributed by atoms with E-state index in [9.17, 15) is 4.79 Å². The van der Waals surface area contributed by atoms with Crippen LogP contribution in [0.3, 0.4) is 0 Å². The highest BCUT2D eigenvalue weighted by Crippen LogP contribution is 2.23. The van der Waals surface area contributed by atoms with Gasteiger partial charge in [0.1, 0.15) is 18.1 Å². The fourth-order valence-electron chi connectivity index (χ4n) is 2.95. The third kappa shape index (κ3) is 5.16. The van der Waals surface area contributed by atoms with Gasteiger partial charge in [-0.15, -0.1) is 0 Å². The first kappa shape index (κ1) is 19.9. The zero-order chi connectivity index (χ0) is 20.8. The molecule has 0 aromatic heterocycles. The highest BCUT2D eigenvalue weighted by atomic mass is 79.9. The van der Waals surface area contributed by atoms with E-state index < -0.39 is 0 Å². The number of benzene rings is 4. The van der Waals surface area contributed by atoms with E-state index in [0.717, 1.165) is 26.9 Å². The third-order valence-corrected chi connectivity index (χ3v) is 5.11. The van der Waals surface area contributed by atoms with E-state index >= 15 is 0 Å². The van der Waals surface area contributed by atoms with Crippen LogP contribution in [0.5, 0.6) is 11.5 Å². The molecular formula is C26H19BrO3. The molecule has 0 unspecified atom stereocenters. The lowest BCUT2D eigenvalue weighted by molar-refractivity contribution is 0.0734. The maximum Gasteiger partial charge on any atom is 0.343 e. The number of carbonyl (C=O) groups excluding carboxylic acids is 1. The summed E-state index contributed by atoms with van der Waals surface area (Å²) in [5, 5.41) is 0. The topological polar surface area (TPSA) is 35.5 Å². The monoisotopic (exact) mass is 458 g/mol. The molecule has 0 radical (unpaired) electrons. The standard InChI is InChI=1S/C26H19BrO3/c27-23-12-16-24(17-13-23)29-18-19-6-8-22(9-7-19)26(28)30-25-14-10-21(11-15-25)20-4-2-1-3-5-20/h1-17H,18H2. The summed E-state index contributed by atoms with van der Waals surface area (Å²) < 4.78 is 12.3. The number of esters is 1. The fourth-order valence-corrected chi connectivity index (χ4v) is 3.21. The molecule has 0 aliphatic heterocycles. The lowest BCUT2D eigenvalue weighted by atomic mass is 10.1. The summed E-state index contributed by atoms with van der Waals surface area (Å²) in [6.07, 6.45) is 0. The first-order chi connectivity index (χ1) is 14.7. The minimum atomic E-state index is -0.386. The van der Waals surface area contributed by atoms with E-state index in [0.29, 0.717) is 17.9 Å². The molecule has 30 heavy (non-hydrogen) atoms. The van der Waals surface area contributed by atoms with Crippen LogP contribution in [0.15, 0.2) is 108 Å². The van der Waals surface area contributed by atoms with Gasteiger partial charge in [0, 0.05) is 4.47 Å². The summed E-state index contributed by atoms with van der Waals surface area (Å²) in [7, 11) is 0. The maximum atomic E-state index is 12.4. The number of ether oxygens (including phenoxy) is 2. The minimum Gasteiger partial charge on any atom is -0.489 e. The zero-order valence-corrected chi connectivity index (χ0v) is 17.7. The molecule has 0 fully saturated rings. The van der Waals surface area contributed by atoms with Crippen LogP contribution in [-0.2, 0) is 6.61 Å². The van der Waals surface area contributed by atoms with Crippen molar-refractivity contribution in [1.82, 2.24) is 0 Å². The van der Waals surface area contributed by atoms with Gasteiger partial charge in [0.2, 0.25) is 0 Å². The van der Waals surface area contributed by atoms with Crippen molar-refractivity contribution in [3.8, 4) is 22.6 Å². The van der Waals surface area contributed by atoms with Gasteiger partial charge in [-0.3, -0.25) is 0 Å². The number of carbonyl (C=O) groups is 1. The van der Waals surface area contributed by atoms with Crippen molar-refractivity contribution in [3.05, 3.63) is 119 Å². The van der Waals surface area contributed by atoms with E-state index in [-0.39, 0.29) is 5.97 Å². The van der Waals surface area contributed by atoms with Gasteiger partial charge in [0.25, 0.3) is 0 Å². The van der Waals surface area contributed by atoms with Gasteiger partial charge in [-0.25, -0.2) is 4.79 Å². The predicted octanol–water partition coefficient (Wildman–Crippen LogP) is 6.91. The lowest BCUT2D eigenvalue weighted by Crippen LogP contribution is -2.08. The molecule has 0 spiro atoms. The summed E-state index contributed by atoms with van der Waals surface area (Å²) in [5.74, 6) is 0.922. The average Bonchev–Trinajstić information content (AvgIpc) is 2.80. The molecule has 0 atom stereocenters. The molecule has 0 bridgehead atoms. The van der Waals surface area contributed by atoms with Crippen molar-refractivity contribution in [2.45, 2.75) is 6.61 Å². The molecule has 0 N–H and O–H groups in total. The minimum absolute atomic E-state index is 0.386. The van der Waals surface area contributed by atoms with E-state index in [1.54, 1.807) is 24.3 Å². The first-order valence-electron chi connectivity index (χ1n) is 9.52. The second kappa shape index (κ2) is 9.42. The Morgan fingerprint density at radius 2 is 1.27 bits per heavy atom. The van der Waals surface area contributed by atoms with Crippen LogP contribution in [0.2, 0.25) is 0 Å². The van der Waals surface area contributed by atoms with Crippen molar-refractivity contribution < 1.29 is 14.3 Å². The third-order valence-electron chi connectivity index (χ3n) is 4.58. The van der Waals surface area contributed by atoms with Gasteiger partial charge >= 0.3 is 5.97 Å². The molecule has 0 heterocycles. The summed E-state index contributed by atoms with van der Waals surface area (Å²) in [6.45, 7) is 0.428. The van der Waals surface area contributed by atoms with Crippen molar-refractivity contribution in [1.29, 1.82) is 0 Å². The van der Waals surface area contributed by atoms with Crippen molar-refractivity contribution in [3.63, 3.8) is 0 Å². The largest absolute Gasteiger partial charge is 0.489 e. The Hall–Kier alpha value is -3.37. The zero-order valence-electron chi connectivity index (χ0n) is 16.1. The van der Waals surface area contributed by atoms with Gasteiger partial charge in [-0.1, -0.05) is 70.5 Å². The average molecular weight is 459 g/mol. The molecule has 0 amide bonds. The molecule has 4 aromatic carbocycles. The number of halogens is 1. The molecular weight excluding hydrogens is 440 g/mol. The summed E-state index contributed by atoms with van der Waals surface area (Å²) in [4.78, 5) is 12.4. The van der Waals surface area contributed by atoms with Crippen LogP contribution in [0.4, 0.5) is 0 Å². The highest BCUT2D eigenvalue weighted by Gasteiger charge is 2.09. The molecule has 3 nitrogen and oxygen atoms in total. The van der Waals surface area contributed by atoms with Gasteiger partial charge in [0.05, 0.1) is 5.56 Å². The Balaban J connectivity index is 1.35. The second-order valence-electron chi connectivity index (χ2n) is 6.72. The van der Waals surface area contributed by atoms with Crippen molar-refractivity contribution >= 4 is 21.9 Å². The maximum absolute atomic E-state index is 12.4. The van der Waals surface area contributed by atoms with Crippen LogP contribution in [0, 0.1) is 0 Å². The second-order valence-corrected chi connectivity index (χ2v) is 7.64. The molecule has 4 rings (SSSR count). The highest BCUT2D eigenvalue weighted by molar-refractivity contribution is 9.10. The molecule has 0 aliphatic rings. The fraction of sp³-hybridized carbons (Fsp3) is 0.0385. The van der Waals surface area contributed by atoms with E-state index in [4.69, 9.17) is 9.47 Å². The summed E-state index contributed by atoms with van der Waals surface area (Å²) >= 11 is 3.40. The van der Waals surface area contributed by atoms with Crippen LogP contribution in [0.1, 0.15) is 15.9 Å². The van der Waals surface area contributed by atoms with Crippen LogP contribution in [-0.4, -0.2) is 5.97 Å². The van der Waals surface area contributed by atoms with E-state index in [1.165, 1.54) is 0 Å². The summed E-state index contributed by atoms with van der Waals surface area (Å²) in [6, 6.07) is 32.5. The Kier molecular flexibility index (Phi) is 6.26. The van der Waals surface area contributed by atoms with Crippen LogP contribution < -0.4 is 9.47 Å². The molecule has 0 saturated heterocycles. The summed E-state index contributed by atoms with van der Waals surface area (Å²) in [5.41, 5.74) is 3.66. The van der Waals surface area contributed by atoms with E-state index in [1.807, 2.05) is 78.9 Å². The van der Waals surface area contributed by atoms with Gasteiger partial charge in [-0.05, 0) is 65.2 Å². The van der Waals surface area contributed by atoms with Crippen molar-refractivity contribution in [2.75, 3.05) is 0 Å². The SMILES string of the molecule is O=C(Oc1ccc(-c2ccccc2)cc1)c1ccc(COc2ccc(Br)cc2)cc1. The molecule has 148 valence electrons. The predicted molar refractivity (Wildman–Crippen MR) is 122 cm³/mol. The van der Waals surface area contributed by atoms with Gasteiger partial charge in [0.15, 0.2) is 0 Å². The molecule has 0 saturated carbocycles. The Morgan fingerprint density at radius 3 is 1.93 bits per heavy atom. The Bertz CT molecular complexity index is 1100. The lowest BCUT2D eigenvalue weighted by Gasteiger charge is -2.08. The Labute approximate surface area is 184 Å². The van der Waals surface area contributed by atoms with Gasteiger partial charge < -0.3 is 9.47 Å². The quantitative estimate of drug-likeness (QED) is 0.232. The number of rotatable bonds is 6. The molecule has 4 heteroatoms. The smallest absolute Gasteiger partial charge is 0.343 e. The van der Waals surface area contributed by atoms with Gasteiger partial charge in [-0.2, -0.15) is 0 Å². The number of hydrogen-bond donors (Lipinski definition) is 0. The normalized spacial score (nSPS) is 10.4. The van der Waals surface area contributed by atoms with Crippen molar-refractivity contribution in [2.24, 2.45) is 0 Å². The first-order valence-corrected chi connectivity index (χ1v) is 10.3. The van der Waals surface area contributed by atoms with Crippen LogP contribution >= 0.6 is 15.9 Å². The van der Waals surface area contributed by atoms with Crippen LogP contribution in [0.25, 0.3) is 11.1 Å².